The predicted octanol–water partition coefficient (Wildman–Crippen LogP) is 2.28. The SMILES string of the molecule is O=C(COC(=O)CCC(=O)c1cc(Cl)ccc1Cl)NC1CCCCNC1=O. The predicted molar refractivity (Wildman–Crippen MR) is 99.8 cm³/mol. The summed E-state index contributed by atoms with van der Waals surface area (Å²) in [6.07, 6.45) is 1.90. The molecule has 7 nitrogen and oxygen atoms in total. The van der Waals surface area contributed by atoms with E-state index in [0.29, 0.717) is 18.0 Å². The first-order valence-corrected chi connectivity index (χ1v) is 9.33. The van der Waals surface area contributed by atoms with E-state index in [2.05, 4.69) is 10.6 Å². The van der Waals surface area contributed by atoms with Crippen LogP contribution in [0, 0.1) is 0 Å². The molecule has 1 aromatic carbocycles. The number of ketones is 1. The Morgan fingerprint density at radius 1 is 1.19 bits per heavy atom. The number of hydrogen-bond donors (Lipinski definition) is 2. The number of esters is 1. The third-order valence-corrected chi connectivity index (χ3v) is 4.58. The largest absolute Gasteiger partial charge is 0.456 e. The Morgan fingerprint density at radius 3 is 2.74 bits per heavy atom. The first-order valence-electron chi connectivity index (χ1n) is 8.58. The van der Waals surface area contributed by atoms with Gasteiger partial charge in [-0.15, -0.1) is 0 Å². The van der Waals surface area contributed by atoms with Crippen molar-refractivity contribution >= 4 is 46.8 Å². The molecular formula is C18H20Cl2N2O5. The molecule has 1 aromatic rings. The van der Waals surface area contributed by atoms with Crippen molar-refractivity contribution in [3.05, 3.63) is 33.8 Å². The summed E-state index contributed by atoms with van der Waals surface area (Å²) in [6, 6.07) is 3.87. The van der Waals surface area contributed by atoms with Crippen LogP contribution in [0.1, 0.15) is 42.5 Å². The van der Waals surface area contributed by atoms with Gasteiger partial charge in [-0.3, -0.25) is 19.2 Å². The maximum Gasteiger partial charge on any atom is 0.306 e. The summed E-state index contributed by atoms with van der Waals surface area (Å²) in [6.45, 7) is 0.0829. The number of hydrogen-bond acceptors (Lipinski definition) is 5. The Morgan fingerprint density at radius 2 is 1.96 bits per heavy atom. The van der Waals surface area contributed by atoms with Gasteiger partial charge in [-0.2, -0.15) is 0 Å². The van der Waals surface area contributed by atoms with E-state index in [9.17, 15) is 19.2 Å². The average Bonchev–Trinajstić information content (AvgIpc) is 2.84. The van der Waals surface area contributed by atoms with E-state index in [0.717, 1.165) is 12.8 Å². The summed E-state index contributed by atoms with van der Waals surface area (Å²) in [4.78, 5) is 47.5. The number of Topliss-reactive ketones (excluding diaryl/α,β-unsaturated/α-hetero) is 1. The second-order valence-electron chi connectivity index (χ2n) is 6.11. The van der Waals surface area contributed by atoms with Crippen LogP contribution in [0.3, 0.4) is 0 Å². The standard InChI is InChI=1S/C18H20Cl2N2O5/c19-11-4-5-13(20)12(9-11)15(23)6-7-17(25)27-10-16(24)22-14-3-1-2-8-21-18(14)26/h4-5,9,14H,1-3,6-8,10H2,(H,21,26)(H,22,24). The minimum absolute atomic E-state index is 0.119. The van der Waals surface area contributed by atoms with Crippen LogP contribution in [-0.2, 0) is 19.1 Å². The Balaban J connectivity index is 1.74. The van der Waals surface area contributed by atoms with Crippen molar-refractivity contribution < 1.29 is 23.9 Å². The lowest BCUT2D eigenvalue weighted by atomic mass is 10.1. The summed E-state index contributed by atoms with van der Waals surface area (Å²) in [5, 5.41) is 5.86. The molecule has 27 heavy (non-hydrogen) atoms. The van der Waals surface area contributed by atoms with Gasteiger partial charge in [0.2, 0.25) is 5.91 Å². The molecule has 2 rings (SSSR count). The zero-order valence-corrected chi connectivity index (χ0v) is 16.1. The van der Waals surface area contributed by atoms with E-state index in [1.165, 1.54) is 12.1 Å². The molecule has 0 aliphatic carbocycles. The number of nitrogens with one attached hydrogen (secondary N) is 2. The molecule has 1 heterocycles. The molecule has 1 aliphatic rings. The van der Waals surface area contributed by atoms with E-state index in [-0.39, 0.29) is 35.1 Å². The third kappa shape index (κ3) is 6.84. The summed E-state index contributed by atoms with van der Waals surface area (Å²) in [7, 11) is 0. The minimum Gasteiger partial charge on any atom is -0.456 e. The lowest BCUT2D eigenvalue weighted by molar-refractivity contribution is -0.148. The average molecular weight is 415 g/mol. The highest BCUT2D eigenvalue weighted by atomic mass is 35.5. The lowest BCUT2D eigenvalue weighted by Gasteiger charge is -2.15. The Kier molecular flexibility index (Phi) is 8.06. The summed E-state index contributed by atoms with van der Waals surface area (Å²) in [5.74, 6) is -1.84. The first kappa shape index (κ1) is 21.2. The fourth-order valence-electron chi connectivity index (χ4n) is 2.59. The van der Waals surface area contributed by atoms with Crippen molar-refractivity contribution in [2.75, 3.05) is 13.2 Å². The number of ether oxygens (including phenoxy) is 1. The fourth-order valence-corrected chi connectivity index (χ4v) is 2.99. The lowest BCUT2D eigenvalue weighted by Crippen LogP contribution is -2.46. The highest BCUT2D eigenvalue weighted by molar-refractivity contribution is 6.35. The topological polar surface area (TPSA) is 102 Å². The fraction of sp³-hybridized carbons (Fsp3) is 0.444. The molecule has 0 radical (unpaired) electrons. The van der Waals surface area contributed by atoms with Crippen molar-refractivity contribution in [3.63, 3.8) is 0 Å². The number of carbonyl (C=O) groups excluding carboxylic acids is 4. The molecule has 1 fully saturated rings. The monoisotopic (exact) mass is 414 g/mol. The Labute approximate surface area is 166 Å². The van der Waals surface area contributed by atoms with Crippen LogP contribution in [0.25, 0.3) is 0 Å². The van der Waals surface area contributed by atoms with Gasteiger partial charge in [-0.1, -0.05) is 23.2 Å². The molecule has 1 unspecified atom stereocenters. The van der Waals surface area contributed by atoms with Crippen molar-refractivity contribution in [1.82, 2.24) is 10.6 Å². The van der Waals surface area contributed by atoms with Crippen LogP contribution in [0.2, 0.25) is 10.0 Å². The van der Waals surface area contributed by atoms with Crippen molar-refractivity contribution in [2.45, 2.75) is 38.1 Å². The van der Waals surface area contributed by atoms with Crippen LogP contribution < -0.4 is 10.6 Å². The second-order valence-corrected chi connectivity index (χ2v) is 6.96. The molecule has 1 saturated heterocycles. The van der Waals surface area contributed by atoms with Crippen LogP contribution >= 0.6 is 23.2 Å². The van der Waals surface area contributed by atoms with E-state index in [4.69, 9.17) is 27.9 Å². The van der Waals surface area contributed by atoms with Gasteiger partial charge < -0.3 is 15.4 Å². The summed E-state index contributed by atoms with van der Waals surface area (Å²) in [5.41, 5.74) is 0.231. The van der Waals surface area contributed by atoms with Crippen molar-refractivity contribution in [1.29, 1.82) is 0 Å². The highest BCUT2D eigenvalue weighted by Crippen LogP contribution is 2.22. The van der Waals surface area contributed by atoms with Crippen LogP contribution in [0.5, 0.6) is 0 Å². The van der Waals surface area contributed by atoms with Crippen LogP contribution in [0.15, 0.2) is 18.2 Å². The maximum atomic E-state index is 12.1. The van der Waals surface area contributed by atoms with Gasteiger partial charge in [0.05, 0.1) is 11.4 Å². The van der Waals surface area contributed by atoms with Gasteiger partial charge in [0.15, 0.2) is 12.4 Å². The number of rotatable bonds is 7. The molecule has 1 atom stereocenters. The van der Waals surface area contributed by atoms with Gasteiger partial charge in [-0.05, 0) is 37.5 Å². The van der Waals surface area contributed by atoms with Gasteiger partial charge in [0.1, 0.15) is 6.04 Å². The minimum atomic E-state index is -0.693. The van der Waals surface area contributed by atoms with Gasteiger partial charge in [0.25, 0.3) is 5.91 Å². The molecule has 146 valence electrons. The Bertz CT molecular complexity index is 738. The second kappa shape index (κ2) is 10.3. The Hall–Kier alpha value is -2.12. The van der Waals surface area contributed by atoms with Gasteiger partial charge >= 0.3 is 5.97 Å². The van der Waals surface area contributed by atoms with E-state index >= 15 is 0 Å². The quantitative estimate of drug-likeness (QED) is 0.526. The molecule has 0 saturated carbocycles. The van der Waals surface area contributed by atoms with Crippen LogP contribution in [0.4, 0.5) is 0 Å². The molecule has 0 aromatic heterocycles. The number of amides is 2. The van der Waals surface area contributed by atoms with E-state index < -0.39 is 24.5 Å². The normalized spacial score (nSPS) is 16.8. The first-order chi connectivity index (χ1) is 12.9. The molecule has 0 spiro atoms. The highest BCUT2D eigenvalue weighted by Gasteiger charge is 2.23. The molecule has 1 aliphatic heterocycles. The van der Waals surface area contributed by atoms with E-state index in [1.807, 2.05) is 0 Å². The van der Waals surface area contributed by atoms with Gasteiger partial charge in [-0.25, -0.2) is 0 Å². The number of carbonyl (C=O) groups is 4. The van der Waals surface area contributed by atoms with Crippen molar-refractivity contribution in [2.24, 2.45) is 0 Å². The van der Waals surface area contributed by atoms with Gasteiger partial charge in [0, 0.05) is 23.6 Å². The van der Waals surface area contributed by atoms with Crippen molar-refractivity contribution in [3.8, 4) is 0 Å². The van der Waals surface area contributed by atoms with Crippen LogP contribution in [-0.4, -0.2) is 42.8 Å². The summed E-state index contributed by atoms with van der Waals surface area (Å²) >= 11 is 11.8. The zero-order chi connectivity index (χ0) is 19.8. The maximum absolute atomic E-state index is 12.1. The molecule has 9 heteroatoms. The third-order valence-electron chi connectivity index (χ3n) is 4.02. The molecular weight excluding hydrogens is 395 g/mol. The number of halogens is 2. The summed E-state index contributed by atoms with van der Waals surface area (Å²) < 4.78 is 4.86. The smallest absolute Gasteiger partial charge is 0.306 e. The molecule has 0 bridgehead atoms. The van der Waals surface area contributed by atoms with E-state index in [1.54, 1.807) is 6.07 Å². The number of benzene rings is 1. The molecule has 2 amide bonds. The zero-order valence-electron chi connectivity index (χ0n) is 14.6. The molecule has 2 N–H and O–H groups in total.